The van der Waals surface area contributed by atoms with E-state index in [0.717, 1.165) is 60.1 Å². The Kier molecular flexibility index (Phi) is 17.3. The molecule has 8 rings (SSSR count). The highest BCUT2D eigenvalue weighted by Crippen LogP contribution is 2.45. The summed E-state index contributed by atoms with van der Waals surface area (Å²) in [5, 5.41) is 16.0. The van der Waals surface area contributed by atoms with E-state index in [4.69, 9.17) is 29.8 Å². The first-order valence-electron chi connectivity index (χ1n) is 23.5. The summed E-state index contributed by atoms with van der Waals surface area (Å²) in [5.74, 6) is 1.06. The third-order valence-corrected chi connectivity index (χ3v) is 16.1. The number of anilines is 2. The van der Waals surface area contributed by atoms with E-state index in [0.29, 0.717) is 58.8 Å². The van der Waals surface area contributed by atoms with Gasteiger partial charge >= 0.3 is 12.3 Å². The van der Waals surface area contributed by atoms with Gasteiger partial charge in [-0.05, 0) is 84.6 Å². The molecule has 16 nitrogen and oxygen atoms in total. The second-order valence-electron chi connectivity index (χ2n) is 18.4. The lowest BCUT2D eigenvalue weighted by atomic mass is 9.91. The molecule has 0 aliphatic heterocycles. The second kappa shape index (κ2) is 23.7. The molecule has 1 saturated carbocycles. The summed E-state index contributed by atoms with van der Waals surface area (Å²) >= 11 is 0. The van der Waals surface area contributed by atoms with E-state index >= 15 is 0 Å². The molecule has 3 aromatic heterocycles. The van der Waals surface area contributed by atoms with Gasteiger partial charge in [-0.1, -0.05) is 92.4 Å². The summed E-state index contributed by atoms with van der Waals surface area (Å²) in [7, 11) is -1.38. The zero-order valence-electron chi connectivity index (χ0n) is 41.0. The number of nitrogens with one attached hydrogen (secondary N) is 3. The van der Waals surface area contributed by atoms with Crippen LogP contribution in [0.4, 0.5) is 29.6 Å². The molecule has 1 aliphatic rings. The Balaban J connectivity index is 0.000000386. The first-order valence-corrected chi connectivity index (χ1v) is 28.8. The normalized spacial score (nSPS) is 14.7. The number of azide groups is 1. The lowest BCUT2D eigenvalue weighted by Gasteiger charge is -2.30. The van der Waals surface area contributed by atoms with E-state index < -0.39 is 39.1 Å². The topological polar surface area (TPSA) is 207 Å². The van der Waals surface area contributed by atoms with Crippen LogP contribution in [-0.4, -0.2) is 66.7 Å². The molecule has 4 aromatic carbocycles. The van der Waals surface area contributed by atoms with Crippen molar-refractivity contribution in [2.24, 2.45) is 4.88 Å². The van der Waals surface area contributed by atoms with Gasteiger partial charge in [0, 0.05) is 71.3 Å². The van der Waals surface area contributed by atoms with Crippen LogP contribution in [0.5, 0.6) is 11.5 Å². The van der Waals surface area contributed by atoms with Gasteiger partial charge in [0.15, 0.2) is 0 Å². The number of carbonyl (C=O) groups excluding carboxylic acids is 2. The number of ether oxygens (including phenoxy) is 3. The van der Waals surface area contributed by atoms with Crippen LogP contribution in [-0.2, 0) is 22.0 Å². The van der Waals surface area contributed by atoms with Gasteiger partial charge in [0.2, 0.25) is 7.29 Å². The molecule has 7 aromatic rings. The first-order chi connectivity index (χ1) is 35.0. The molecule has 0 radical (unpaired) electrons. The standard InChI is InChI=1S/C40H46F3N7O5Si.C12H10N3OP/c1-53-31-14-13-27(33(23-31)54-2)24-46-37-35-32(16-18-45-37)50(30-8-6-7-29(22-30)47-39(52)55-19-20-56(3,4)5)49-36(35)25-9-11-26(12-10-25)38(51)48-34-21-28(15-17-44-34)40(41,42)43;13-14-15-17(16,11-7-3-1-4-8-11)12-9-5-2-6-10-12/h9-18,21,23,29-30H,6-8,19-20,22,24H2,1-5H3,(H,45,46)(H,47,52)(H,44,48,51);1-10H/t29-,30-;/m1./s1. The van der Waals surface area contributed by atoms with Crippen molar-refractivity contribution in [3.63, 3.8) is 0 Å². The summed E-state index contributed by atoms with van der Waals surface area (Å²) in [6.45, 7) is 7.49. The molecule has 2 amide bonds. The lowest BCUT2D eigenvalue weighted by Crippen LogP contribution is -2.39. The maximum Gasteiger partial charge on any atom is 0.416 e. The van der Waals surface area contributed by atoms with E-state index in [1.807, 2.05) is 41.1 Å². The quantitative estimate of drug-likeness (QED) is 0.0274. The van der Waals surface area contributed by atoms with Crippen LogP contribution in [0.2, 0.25) is 25.7 Å². The zero-order chi connectivity index (χ0) is 52.2. The first kappa shape index (κ1) is 53.1. The minimum absolute atomic E-state index is 0.0470. The molecule has 0 bridgehead atoms. The molecular formula is C52H56F3N10O6PSi. The van der Waals surface area contributed by atoms with Crippen molar-refractivity contribution in [2.75, 3.05) is 31.5 Å². The van der Waals surface area contributed by atoms with Crippen molar-refractivity contribution >= 4 is 60.5 Å². The van der Waals surface area contributed by atoms with Crippen LogP contribution in [0.15, 0.2) is 139 Å². The fourth-order valence-corrected chi connectivity index (χ4v) is 10.8. The average molecular weight is 1030 g/mol. The summed E-state index contributed by atoms with van der Waals surface area (Å²) in [6.07, 6.45) is 0.931. The van der Waals surface area contributed by atoms with E-state index in [9.17, 15) is 27.3 Å². The number of rotatable bonds is 16. The third kappa shape index (κ3) is 13.6. The number of alkyl carbamates (subject to hydrolysis) is 1. The van der Waals surface area contributed by atoms with Crippen molar-refractivity contribution in [3.05, 3.63) is 161 Å². The number of hydrogen-bond donors (Lipinski definition) is 3. The summed E-state index contributed by atoms with van der Waals surface area (Å²) in [6, 6.07) is 34.1. The van der Waals surface area contributed by atoms with Gasteiger partial charge in [0.05, 0.1) is 43.3 Å². The number of pyridine rings is 2. The second-order valence-corrected chi connectivity index (χ2v) is 26.4. The fraction of sp³-hybridized carbons (Fsp3) is 0.288. The molecular weight excluding hydrogens is 977 g/mol. The predicted octanol–water partition coefficient (Wildman–Crippen LogP) is 12.2. The Morgan fingerprint density at radius 1 is 0.877 bits per heavy atom. The maximum absolute atomic E-state index is 13.2. The van der Waals surface area contributed by atoms with Gasteiger partial charge in [-0.2, -0.15) is 18.3 Å². The van der Waals surface area contributed by atoms with Gasteiger partial charge in [-0.3, -0.25) is 9.48 Å². The molecule has 73 heavy (non-hydrogen) atoms. The van der Waals surface area contributed by atoms with E-state index in [1.54, 1.807) is 93.2 Å². The molecule has 3 heterocycles. The summed E-state index contributed by atoms with van der Waals surface area (Å²) in [4.78, 5) is 40.7. The molecule has 380 valence electrons. The highest BCUT2D eigenvalue weighted by atomic mass is 31.2. The van der Waals surface area contributed by atoms with E-state index in [1.165, 1.54) is 0 Å². The van der Waals surface area contributed by atoms with Crippen LogP contribution < -0.4 is 36.0 Å². The van der Waals surface area contributed by atoms with Crippen molar-refractivity contribution in [3.8, 4) is 22.8 Å². The Bertz CT molecular complexity index is 3070. The number of halogens is 3. The smallest absolute Gasteiger partial charge is 0.416 e. The number of aromatic nitrogens is 4. The summed E-state index contributed by atoms with van der Waals surface area (Å²) in [5.41, 5.74) is 10.9. The Morgan fingerprint density at radius 2 is 1.56 bits per heavy atom. The largest absolute Gasteiger partial charge is 0.497 e. The number of hydrogen-bond acceptors (Lipinski definition) is 10. The highest BCUT2D eigenvalue weighted by Gasteiger charge is 2.32. The molecule has 0 saturated heterocycles. The number of nitrogens with zero attached hydrogens (tertiary/aromatic N) is 7. The van der Waals surface area contributed by atoms with Gasteiger partial charge in [0.1, 0.15) is 28.8 Å². The molecule has 21 heteroatoms. The van der Waals surface area contributed by atoms with Crippen molar-refractivity contribution in [1.82, 2.24) is 25.1 Å². The molecule has 0 unspecified atom stereocenters. The fourth-order valence-electron chi connectivity index (χ4n) is 8.27. The van der Waals surface area contributed by atoms with Gasteiger partial charge in [-0.15, -0.1) is 0 Å². The highest BCUT2D eigenvalue weighted by molar-refractivity contribution is 7.77. The minimum atomic E-state index is -4.58. The average Bonchev–Trinajstić information content (AvgIpc) is 3.79. The van der Waals surface area contributed by atoms with Crippen LogP contribution in [0.1, 0.15) is 53.2 Å². The number of fused-ring (bicyclic) bond motifs is 1. The number of alkyl halides is 3. The zero-order valence-corrected chi connectivity index (χ0v) is 42.9. The van der Waals surface area contributed by atoms with Gasteiger partial charge < -0.3 is 34.7 Å². The Hall–Kier alpha value is -7.66. The minimum Gasteiger partial charge on any atom is -0.497 e. The molecule has 1 aliphatic carbocycles. The van der Waals surface area contributed by atoms with E-state index in [-0.39, 0.29) is 23.5 Å². The Labute approximate surface area is 421 Å². The number of amides is 2. The number of benzene rings is 4. The van der Waals surface area contributed by atoms with Crippen LogP contribution in [0.25, 0.3) is 32.6 Å². The van der Waals surface area contributed by atoms with Gasteiger partial charge in [-0.25, -0.2) is 14.8 Å². The molecule has 3 N–H and O–H groups in total. The van der Waals surface area contributed by atoms with Crippen LogP contribution >= 0.6 is 7.29 Å². The monoisotopic (exact) mass is 1030 g/mol. The number of methoxy groups -OCH3 is 2. The molecule has 2 atom stereocenters. The predicted molar refractivity (Wildman–Crippen MR) is 280 cm³/mol. The SMILES string of the molecule is COc1ccc(CNc2nccc3c2c(-c2ccc(C(=O)Nc4cc(C(F)(F)F)ccn4)cc2)nn3[C@@H]2CCC[C@@H](NC(=O)OCC[Si](C)(C)C)C2)c(OC)c1.[N-]=[N+]=NP(=O)(c1ccccc1)c1ccccc1. The molecule has 1 fully saturated rings. The van der Waals surface area contributed by atoms with E-state index in [2.05, 4.69) is 50.4 Å². The Morgan fingerprint density at radius 3 is 2.19 bits per heavy atom. The van der Waals surface area contributed by atoms with Crippen molar-refractivity contribution < 1.29 is 41.5 Å². The van der Waals surface area contributed by atoms with Crippen LogP contribution in [0, 0.1) is 0 Å². The van der Waals surface area contributed by atoms with Gasteiger partial charge in [0.25, 0.3) is 5.91 Å². The third-order valence-electron chi connectivity index (χ3n) is 12.1. The lowest BCUT2D eigenvalue weighted by molar-refractivity contribution is -0.137. The number of carbonyl (C=O) groups is 2. The van der Waals surface area contributed by atoms with Crippen molar-refractivity contribution in [1.29, 1.82) is 0 Å². The van der Waals surface area contributed by atoms with Crippen molar-refractivity contribution in [2.45, 2.75) is 76.2 Å². The maximum atomic E-state index is 13.2. The van der Waals surface area contributed by atoms with Crippen LogP contribution in [0.3, 0.4) is 0 Å². The molecule has 0 spiro atoms. The summed E-state index contributed by atoms with van der Waals surface area (Å²) < 4.78 is 71.0.